The van der Waals surface area contributed by atoms with Gasteiger partial charge in [0.1, 0.15) is 5.82 Å². The summed E-state index contributed by atoms with van der Waals surface area (Å²) < 4.78 is 0. The highest BCUT2D eigenvalue weighted by molar-refractivity contribution is 5.85. The molecule has 0 atom stereocenters. The van der Waals surface area contributed by atoms with E-state index in [0.717, 1.165) is 12.8 Å². The third-order valence-electron chi connectivity index (χ3n) is 2.57. The maximum absolute atomic E-state index is 11.4. The van der Waals surface area contributed by atoms with E-state index in [1.54, 1.807) is 12.1 Å². The zero-order valence-corrected chi connectivity index (χ0v) is 9.85. The molecule has 1 aromatic heterocycles. The minimum atomic E-state index is -1.06. The van der Waals surface area contributed by atoms with Gasteiger partial charge in [0.25, 0.3) is 0 Å². The minimum Gasteiger partial charge on any atom is -0.477 e. The molecule has 1 fully saturated rings. The van der Waals surface area contributed by atoms with E-state index in [1.807, 2.05) is 0 Å². The number of pyridine rings is 1. The Morgan fingerprint density at radius 1 is 1.39 bits per heavy atom. The maximum Gasteiger partial charge on any atom is 0.354 e. The lowest BCUT2D eigenvalue weighted by Crippen LogP contribution is -2.27. The summed E-state index contributed by atoms with van der Waals surface area (Å²) in [5.74, 6) is -0.585. The molecule has 18 heavy (non-hydrogen) atoms. The monoisotopic (exact) mass is 249 g/mol. The van der Waals surface area contributed by atoms with Gasteiger partial charge in [-0.2, -0.15) is 0 Å². The summed E-state index contributed by atoms with van der Waals surface area (Å²) in [6.07, 6.45) is 2.50. The molecule has 1 saturated carbocycles. The molecule has 0 saturated heterocycles. The third-order valence-corrected chi connectivity index (χ3v) is 2.57. The minimum absolute atomic E-state index is 0.0116. The van der Waals surface area contributed by atoms with Gasteiger partial charge in [-0.1, -0.05) is 6.07 Å². The number of nitrogens with zero attached hydrogens (tertiary/aromatic N) is 1. The van der Waals surface area contributed by atoms with E-state index in [-0.39, 0.29) is 11.6 Å². The topological polar surface area (TPSA) is 91.3 Å². The summed E-state index contributed by atoms with van der Waals surface area (Å²) >= 11 is 0. The molecule has 2 rings (SSSR count). The molecule has 1 heterocycles. The standard InChI is InChI=1S/C12H15N3O3/c16-11(14-8-4-5-8)6-7-13-10-3-1-2-9(15-10)12(17)18/h1-3,8H,4-7H2,(H,13,15)(H,14,16)(H,17,18). The van der Waals surface area contributed by atoms with Crippen LogP contribution in [0.5, 0.6) is 0 Å². The molecule has 1 aliphatic rings. The SMILES string of the molecule is O=C(CCNc1cccc(C(=O)O)n1)NC1CC1. The van der Waals surface area contributed by atoms with Crippen molar-refractivity contribution in [2.75, 3.05) is 11.9 Å². The number of carboxylic acid groups (broad SMARTS) is 1. The average molecular weight is 249 g/mol. The van der Waals surface area contributed by atoms with E-state index in [2.05, 4.69) is 15.6 Å². The van der Waals surface area contributed by atoms with Gasteiger partial charge in [0.05, 0.1) is 0 Å². The maximum atomic E-state index is 11.4. The molecule has 96 valence electrons. The van der Waals surface area contributed by atoms with Crippen molar-refractivity contribution in [1.29, 1.82) is 0 Å². The van der Waals surface area contributed by atoms with E-state index < -0.39 is 5.97 Å². The number of carbonyl (C=O) groups is 2. The summed E-state index contributed by atoms with van der Waals surface area (Å²) in [4.78, 5) is 26.0. The number of amides is 1. The van der Waals surface area contributed by atoms with E-state index in [9.17, 15) is 9.59 Å². The Hall–Kier alpha value is -2.11. The molecule has 1 aliphatic carbocycles. The number of hydrogen-bond donors (Lipinski definition) is 3. The largest absolute Gasteiger partial charge is 0.477 e. The predicted molar refractivity (Wildman–Crippen MR) is 65.5 cm³/mol. The Morgan fingerprint density at radius 3 is 2.83 bits per heavy atom. The van der Waals surface area contributed by atoms with Crippen molar-refractivity contribution in [1.82, 2.24) is 10.3 Å². The second-order valence-electron chi connectivity index (χ2n) is 4.23. The van der Waals surface area contributed by atoms with E-state index >= 15 is 0 Å². The molecule has 3 N–H and O–H groups in total. The number of aromatic carboxylic acids is 1. The zero-order chi connectivity index (χ0) is 13.0. The van der Waals surface area contributed by atoms with Crippen LogP contribution in [0.15, 0.2) is 18.2 Å². The van der Waals surface area contributed by atoms with Crippen LogP contribution >= 0.6 is 0 Å². The lowest BCUT2D eigenvalue weighted by Gasteiger charge is -2.06. The number of nitrogens with one attached hydrogen (secondary N) is 2. The molecule has 0 aromatic carbocycles. The highest BCUT2D eigenvalue weighted by atomic mass is 16.4. The first-order valence-corrected chi connectivity index (χ1v) is 5.89. The van der Waals surface area contributed by atoms with Gasteiger partial charge in [-0.3, -0.25) is 4.79 Å². The summed E-state index contributed by atoms with van der Waals surface area (Å²) in [6.45, 7) is 0.439. The smallest absolute Gasteiger partial charge is 0.354 e. The van der Waals surface area contributed by atoms with Gasteiger partial charge in [-0.25, -0.2) is 9.78 Å². The Balaban J connectivity index is 1.76. The number of aromatic nitrogens is 1. The molecule has 0 spiro atoms. The van der Waals surface area contributed by atoms with Gasteiger partial charge in [-0.15, -0.1) is 0 Å². The fraction of sp³-hybridized carbons (Fsp3) is 0.417. The average Bonchev–Trinajstić information content (AvgIpc) is 3.13. The first-order valence-electron chi connectivity index (χ1n) is 5.89. The molecule has 0 bridgehead atoms. The molecule has 1 aromatic rings. The van der Waals surface area contributed by atoms with Gasteiger partial charge < -0.3 is 15.7 Å². The molecule has 0 radical (unpaired) electrons. The molecule has 6 heteroatoms. The fourth-order valence-electron chi connectivity index (χ4n) is 1.48. The molecule has 6 nitrogen and oxygen atoms in total. The van der Waals surface area contributed by atoms with E-state index in [4.69, 9.17) is 5.11 Å². The second kappa shape index (κ2) is 5.48. The van der Waals surface area contributed by atoms with Crippen LogP contribution < -0.4 is 10.6 Å². The highest BCUT2D eigenvalue weighted by Gasteiger charge is 2.22. The van der Waals surface area contributed by atoms with Gasteiger partial charge in [0, 0.05) is 19.0 Å². The van der Waals surface area contributed by atoms with Crippen LogP contribution in [0.25, 0.3) is 0 Å². The summed E-state index contributed by atoms with van der Waals surface area (Å²) in [5.41, 5.74) is -0.0116. The van der Waals surface area contributed by atoms with E-state index in [1.165, 1.54) is 6.07 Å². The van der Waals surface area contributed by atoms with Crippen LogP contribution in [0.1, 0.15) is 29.8 Å². The van der Waals surface area contributed by atoms with Crippen molar-refractivity contribution in [3.05, 3.63) is 23.9 Å². The highest BCUT2D eigenvalue weighted by Crippen LogP contribution is 2.18. The Kier molecular flexibility index (Phi) is 3.76. The van der Waals surface area contributed by atoms with Crippen LogP contribution in [0.3, 0.4) is 0 Å². The fourth-order valence-corrected chi connectivity index (χ4v) is 1.48. The summed E-state index contributed by atoms with van der Waals surface area (Å²) in [5, 5.41) is 14.6. The van der Waals surface area contributed by atoms with Crippen LogP contribution in [0.4, 0.5) is 5.82 Å². The van der Waals surface area contributed by atoms with Crippen LogP contribution in [0, 0.1) is 0 Å². The van der Waals surface area contributed by atoms with Crippen molar-refractivity contribution in [2.24, 2.45) is 0 Å². The Labute approximate surface area is 104 Å². The van der Waals surface area contributed by atoms with Gasteiger partial charge in [0.2, 0.25) is 5.91 Å². The summed E-state index contributed by atoms with van der Waals surface area (Å²) in [7, 11) is 0. The molecular formula is C12H15N3O3. The number of carboxylic acids is 1. The number of anilines is 1. The third kappa shape index (κ3) is 3.73. The van der Waals surface area contributed by atoms with Crippen LogP contribution in [-0.4, -0.2) is 34.6 Å². The normalized spacial score (nSPS) is 14.0. The number of rotatable bonds is 6. The van der Waals surface area contributed by atoms with Gasteiger partial charge in [-0.05, 0) is 25.0 Å². The predicted octanol–water partition coefficient (Wildman–Crippen LogP) is 0.860. The molecular weight excluding hydrogens is 234 g/mol. The number of hydrogen-bond acceptors (Lipinski definition) is 4. The lowest BCUT2D eigenvalue weighted by atomic mass is 10.3. The lowest BCUT2D eigenvalue weighted by molar-refractivity contribution is -0.120. The van der Waals surface area contributed by atoms with Crippen molar-refractivity contribution >= 4 is 17.7 Å². The molecule has 1 amide bonds. The van der Waals surface area contributed by atoms with Crippen molar-refractivity contribution in [3.8, 4) is 0 Å². The van der Waals surface area contributed by atoms with Crippen molar-refractivity contribution < 1.29 is 14.7 Å². The van der Waals surface area contributed by atoms with Crippen molar-refractivity contribution in [2.45, 2.75) is 25.3 Å². The van der Waals surface area contributed by atoms with Crippen LogP contribution in [0.2, 0.25) is 0 Å². The van der Waals surface area contributed by atoms with Crippen LogP contribution in [-0.2, 0) is 4.79 Å². The molecule has 0 aliphatic heterocycles. The van der Waals surface area contributed by atoms with Crippen molar-refractivity contribution in [3.63, 3.8) is 0 Å². The van der Waals surface area contributed by atoms with E-state index in [0.29, 0.717) is 24.8 Å². The first kappa shape index (κ1) is 12.3. The molecule has 0 unspecified atom stereocenters. The first-order chi connectivity index (χ1) is 8.65. The van der Waals surface area contributed by atoms with Gasteiger partial charge in [0.15, 0.2) is 5.69 Å². The Morgan fingerprint density at radius 2 is 2.17 bits per heavy atom. The quantitative estimate of drug-likeness (QED) is 0.695. The summed E-state index contributed by atoms with van der Waals surface area (Å²) in [6, 6.07) is 5.08. The second-order valence-corrected chi connectivity index (χ2v) is 4.23. The zero-order valence-electron chi connectivity index (χ0n) is 9.85. The number of carbonyl (C=O) groups excluding carboxylic acids is 1. The van der Waals surface area contributed by atoms with Gasteiger partial charge >= 0.3 is 5.97 Å². The Bertz CT molecular complexity index is 458.